The van der Waals surface area contributed by atoms with Crippen molar-refractivity contribution in [1.82, 2.24) is 10.3 Å². The summed E-state index contributed by atoms with van der Waals surface area (Å²) in [6, 6.07) is 12.5. The molecule has 0 atom stereocenters. The summed E-state index contributed by atoms with van der Waals surface area (Å²) in [6.45, 7) is 3.97. The Kier molecular flexibility index (Phi) is 5.10. The van der Waals surface area contributed by atoms with Crippen LogP contribution in [0.15, 0.2) is 48.7 Å². The second-order valence-electron chi connectivity index (χ2n) is 7.14. The van der Waals surface area contributed by atoms with Crippen LogP contribution in [0.2, 0.25) is 0 Å². The molecule has 3 aromatic rings. The van der Waals surface area contributed by atoms with Gasteiger partial charge in [0.05, 0.1) is 11.4 Å². The molecular weight excluding hydrogens is 355 g/mol. The molecular formula is C22H23FN4O. The van der Waals surface area contributed by atoms with Crippen molar-refractivity contribution in [3.05, 3.63) is 65.7 Å². The van der Waals surface area contributed by atoms with Gasteiger partial charge in [0.2, 0.25) is 0 Å². The second-order valence-corrected chi connectivity index (χ2v) is 7.14. The molecule has 0 saturated carbocycles. The number of halogens is 1. The lowest BCUT2D eigenvalue weighted by Gasteiger charge is -2.19. The van der Waals surface area contributed by atoms with Gasteiger partial charge < -0.3 is 15.5 Å². The smallest absolute Gasteiger partial charge is 0.319 e. The van der Waals surface area contributed by atoms with Crippen molar-refractivity contribution in [2.75, 3.05) is 23.3 Å². The topological polar surface area (TPSA) is 57.3 Å². The molecule has 6 heteroatoms. The minimum atomic E-state index is -0.328. The highest BCUT2D eigenvalue weighted by molar-refractivity contribution is 6.01. The van der Waals surface area contributed by atoms with Crippen LogP contribution in [0.1, 0.15) is 24.1 Å². The first-order chi connectivity index (χ1) is 13.6. The van der Waals surface area contributed by atoms with E-state index in [0.29, 0.717) is 5.69 Å². The lowest BCUT2D eigenvalue weighted by atomic mass is 10.1. The van der Waals surface area contributed by atoms with Crippen LogP contribution in [-0.4, -0.2) is 24.1 Å². The molecule has 1 aliphatic rings. The van der Waals surface area contributed by atoms with E-state index >= 15 is 0 Å². The summed E-state index contributed by atoms with van der Waals surface area (Å²) in [5.41, 5.74) is 2.98. The Labute approximate surface area is 163 Å². The number of carbonyl (C=O) groups is 1. The fourth-order valence-electron chi connectivity index (χ4n) is 3.61. The number of nitrogens with one attached hydrogen (secondary N) is 2. The van der Waals surface area contributed by atoms with Gasteiger partial charge in [0.25, 0.3) is 0 Å². The highest BCUT2D eigenvalue weighted by atomic mass is 19.1. The van der Waals surface area contributed by atoms with Crippen LogP contribution in [0.5, 0.6) is 0 Å². The van der Waals surface area contributed by atoms with Gasteiger partial charge in [0, 0.05) is 42.3 Å². The van der Waals surface area contributed by atoms with Crippen molar-refractivity contribution >= 4 is 28.2 Å². The van der Waals surface area contributed by atoms with Crippen molar-refractivity contribution in [2.24, 2.45) is 0 Å². The first kappa shape index (κ1) is 18.2. The lowest BCUT2D eigenvalue weighted by molar-refractivity contribution is 0.251. The molecule has 2 amide bonds. The molecule has 2 heterocycles. The van der Waals surface area contributed by atoms with Crippen molar-refractivity contribution in [3.63, 3.8) is 0 Å². The van der Waals surface area contributed by atoms with Crippen molar-refractivity contribution in [2.45, 2.75) is 26.3 Å². The molecule has 2 aromatic carbocycles. The molecule has 0 unspecified atom stereocenters. The van der Waals surface area contributed by atoms with Crippen LogP contribution in [0.3, 0.4) is 0 Å². The van der Waals surface area contributed by atoms with Crippen LogP contribution in [-0.2, 0) is 6.54 Å². The van der Waals surface area contributed by atoms with Crippen molar-refractivity contribution in [1.29, 1.82) is 0 Å². The fraction of sp³-hybridized carbons (Fsp3) is 0.273. The fourth-order valence-corrected chi connectivity index (χ4v) is 3.61. The number of benzene rings is 2. The van der Waals surface area contributed by atoms with Gasteiger partial charge in [0.1, 0.15) is 5.82 Å². The largest absolute Gasteiger partial charge is 0.369 e. The number of hydrogen-bond acceptors (Lipinski definition) is 3. The Morgan fingerprint density at radius 3 is 2.79 bits per heavy atom. The second kappa shape index (κ2) is 7.84. The third kappa shape index (κ3) is 3.91. The van der Waals surface area contributed by atoms with Crippen LogP contribution < -0.4 is 15.5 Å². The molecule has 2 N–H and O–H groups in total. The highest BCUT2D eigenvalue weighted by Gasteiger charge is 2.16. The Bertz CT molecular complexity index is 1010. The van der Waals surface area contributed by atoms with Crippen LogP contribution in [0.25, 0.3) is 10.8 Å². The Balaban J connectivity index is 1.41. The van der Waals surface area contributed by atoms with Gasteiger partial charge in [-0.25, -0.2) is 9.18 Å². The summed E-state index contributed by atoms with van der Waals surface area (Å²) in [5.74, 6) is -0.237. The average Bonchev–Trinajstić information content (AvgIpc) is 3.21. The van der Waals surface area contributed by atoms with Crippen LogP contribution in [0.4, 0.5) is 20.6 Å². The maximum atomic E-state index is 14.4. The first-order valence-corrected chi connectivity index (χ1v) is 9.54. The molecule has 5 nitrogen and oxygen atoms in total. The number of pyridine rings is 1. The van der Waals surface area contributed by atoms with E-state index in [9.17, 15) is 9.18 Å². The summed E-state index contributed by atoms with van der Waals surface area (Å²) >= 11 is 0. The van der Waals surface area contributed by atoms with E-state index in [-0.39, 0.29) is 18.4 Å². The molecule has 144 valence electrons. The Morgan fingerprint density at radius 1 is 1.18 bits per heavy atom. The zero-order chi connectivity index (χ0) is 19.5. The number of amides is 2. The number of urea groups is 1. The third-order valence-corrected chi connectivity index (χ3v) is 5.06. The predicted molar refractivity (Wildman–Crippen MR) is 110 cm³/mol. The molecule has 1 saturated heterocycles. The van der Waals surface area contributed by atoms with E-state index in [0.717, 1.165) is 53.6 Å². The van der Waals surface area contributed by atoms with Gasteiger partial charge in [0.15, 0.2) is 0 Å². The molecule has 1 aromatic heterocycles. The summed E-state index contributed by atoms with van der Waals surface area (Å²) in [5, 5.41) is 7.57. The number of nitrogens with zero attached hydrogens (tertiary/aromatic N) is 2. The van der Waals surface area contributed by atoms with E-state index < -0.39 is 0 Å². The highest BCUT2D eigenvalue weighted by Crippen LogP contribution is 2.25. The maximum absolute atomic E-state index is 14.4. The predicted octanol–water partition coefficient (Wildman–Crippen LogP) is 4.60. The maximum Gasteiger partial charge on any atom is 0.319 e. The molecule has 28 heavy (non-hydrogen) atoms. The minimum absolute atomic E-state index is 0.237. The van der Waals surface area contributed by atoms with Gasteiger partial charge in [-0.05, 0) is 49.6 Å². The Morgan fingerprint density at radius 2 is 2.00 bits per heavy atom. The number of fused-ring (bicyclic) bond motifs is 1. The van der Waals surface area contributed by atoms with Crippen molar-refractivity contribution in [3.8, 4) is 0 Å². The molecule has 1 fully saturated rings. The van der Waals surface area contributed by atoms with Gasteiger partial charge in [-0.15, -0.1) is 0 Å². The molecule has 0 radical (unpaired) electrons. The van der Waals surface area contributed by atoms with Gasteiger partial charge in [-0.2, -0.15) is 0 Å². The van der Waals surface area contributed by atoms with E-state index in [1.165, 1.54) is 6.07 Å². The molecule has 0 aliphatic carbocycles. The summed E-state index contributed by atoms with van der Waals surface area (Å²) in [4.78, 5) is 18.7. The van der Waals surface area contributed by atoms with E-state index in [4.69, 9.17) is 0 Å². The van der Waals surface area contributed by atoms with Gasteiger partial charge >= 0.3 is 6.03 Å². The summed E-state index contributed by atoms with van der Waals surface area (Å²) < 4.78 is 14.4. The van der Waals surface area contributed by atoms with Gasteiger partial charge in [-0.3, -0.25) is 4.98 Å². The minimum Gasteiger partial charge on any atom is -0.369 e. The van der Waals surface area contributed by atoms with Crippen molar-refractivity contribution < 1.29 is 9.18 Å². The van der Waals surface area contributed by atoms with Gasteiger partial charge in [-0.1, -0.05) is 18.2 Å². The first-order valence-electron chi connectivity index (χ1n) is 9.54. The van der Waals surface area contributed by atoms with Crippen LogP contribution in [0, 0.1) is 12.7 Å². The standard InChI is InChI=1S/C22H23FN4O/c1-15-11-18-17(14-24-15)5-4-6-20(18)26-22(28)25-13-16-7-8-21(19(23)12-16)27-9-2-3-10-27/h4-8,11-12,14H,2-3,9-10,13H2,1H3,(H2,25,26,28). The number of hydrogen-bond donors (Lipinski definition) is 2. The number of anilines is 2. The zero-order valence-corrected chi connectivity index (χ0v) is 15.8. The molecule has 1 aliphatic heterocycles. The molecule has 0 bridgehead atoms. The lowest BCUT2D eigenvalue weighted by Crippen LogP contribution is -2.28. The SMILES string of the molecule is Cc1cc2c(NC(=O)NCc3ccc(N4CCCC4)c(F)c3)cccc2cn1. The summed E-state index contributed by atoms with van der Waals surface area (Å²) in [6.07, 6.45) is 4.00. The molecule has 4 rings (SSSR count). The number of carbonyl (C=O) groups excluding carboxylic acids is 1. The van der Waals surface area contributed by atoms with E-state index in [2.05, 4.69) is 20.5 Å². The summed E-state index contributed by atoms with van der Waals surface area (Å²) in [7, 11) is 0. The quantitative estimate of drug-likeness (QED) is 0.697. The van der Waals surface area contributed by atoms with E-state index in [1.54, 1.807) is 12.3 Å². The number of aromatic nitrogens is 1. The number of aryl methyl sites for hydroxylation is 1. The number of rotatable bonds is 4. The van der Waals surface area contributed by atoms with E-state index in [1.807, 2.05) is 37.3 Å². The van der Waals surface area contributed by atoms with Crippen LogP contribution >= 0.6 is 0 Å². The zero-order valence-electron chi connectivity index (χ0n) is 15.8. The Hall–Kier alpha value is -3.15. The average molecular weight is 378 g/mol. The monoisotopic (exact) mass is 378 g/mol. The molecule has 0 spiro atoms. The normalized spacial score (nSPS) is 13.7. The third-order valence-electron chi connectivity index (χ3n) is 5.06.